The molecule has 3 heteroatoms. The summed E-state index contributed by atoms with van der Waals surface area (Å²) < 4.78 is 5.95. The Morgan fingerprint density at radius 3 is 2.32 bits per heavy atom. The van der Waals surface area contributed by atoms with E-state index in [1.807, 2.05) is 0 Å². The minimum atomic E-state index is -0.131. The van der Waals surface area contributed by atoms with Crippen LogP contribution in [0.3, 0.4) is 0 Å². The number of nitrogens with one attached hydrogen (secondary N) is 1. The number of hydrogen-bond acceptors (Lipinski definition) is 3. The summed E-state index contributed by atoms with van der Waals surface area (Å²) in [4.78, 5) is 2.66. The lowest BCUT2D eigenvalue weighted by Crippen LogP contribution is -2.45. The summed E-state index contributed by atoms with van der Waals surface area (Å²) in [6, 6.07) is 9.41. The van der Waals surface area contributed by atoms with Crippen LogP contribution >= 0.6 is 0 Å². The first-order chi connectivity index (χ1) is 10.5. The van der Waals surface area contributed by atoms with Crippen LogP contribution in [0.5, 0.6) is 5.75 Å². The minimum absolute atomic E-state index is 0.131. The average molecular weight is 302 g/mol. The number of rotatable bonds is 5. The molecular weight excluding hydrogens is 272 g/mol. The second-order valence-corrected chi connectivity index (χ2v) is 7.76. The molecular formula is C19H30N2O. The van der Waals surface area contributed by atoms with Crippen LogP contribution in [0.4, 0.5) is 0 Å². The van der Waals surface area contributed by atoms with Crippen molar-refractivity contribution in [1.29, 1.82) is 0 Å². The van der Waals surface area contributed by atoms with Crippen LogP contribution in [0.1, 0.15) is 51.6 Å². The van der Waals surface area contributed by atoms with Crippen LogP contribution in [0, 0.1) is 5.92 Å². The van der Waals surface area contributed by atoms with Crippen LogP contribution in [0.15, 0.2) is 24.3 Å². The van der Waals surface area contributed by atoms with Crippen LogP contribution in [-0.2, 0) is 0 Å². The second kappa shape index (κ2) is 6.59. The van der Waals surface area contributed by atoms with E-state index < -0.39 is 0 Å². The van der Waals surface area contributed by atoms with Crippen LogP contribution in [0.2, 0.25) is 0 Å². The predicted molar refractivity (Wildman–Crippen MR) is 91.3 cm³/mol. The third-order valence-corrected chi connectivity index (χ3v) is 4.53. The normalized spacial score (nSPS) is 21.6. The van der Waals surface area contributed by atoms with E-state index in [9.17, 15) is 0 Å². The lowest BCUT2D eigenvalue weighted by atomic mass is 9.98. The van der Waals surface area contributed by atoms with Gasteiger partial charge in [-0.3, -0.25) is 4.90 Å². The van der Waals surface area contributed by atoms with E-state index in [-0.39, 0.29) is 5.60 Å². The highest BCUT2D eigenvalue weighted by Gasteiger charge is 2.30. The maximum Gasteiger partial charge on any atom is 0.120 e. The predicted octanol–water partition coefficient (Wildman–Crippen LogP) is 3.61. The van der Waals surface area contributed by atoms with Gasteiger partial charge in [0.2, 0.25) is 0 Å². The maximum absolute atomic E-state index is 5.95. The second-order valence-electron chi connectivity index (χ2n) is 7.76. The third-order valence-electron chi connectivity index (χ3n) is 4.53. The SMILES string of the molecule is CC(C)(C)Oc1ccc([C@H](CC2CC2)N2CCNCC2)cc1. The summed E-state index contributed by atoms with van der Waals surface area (Å²) in [6.07, 6.45) is 4.17. The molecule has 2 fully saturated rings. The molecule has 1 atom stereocenters. The van der Waals surface area contributed by atoms with Gasteiger partial charge in [0, 0.05) is 32.2 Å². The minimum Gasteiger partial charge on any atom is -0.488 e. The highest BCUT2D eigenvalue weighted by atomic mass is 16.5. The van der Waals surface area contributed by atoms with Crippen molar-refractivity contribution in [1.82, 2.24) is 10.2 Å². The van der Waals surface area contributed by atoms with Crippen molar-refractivity contribution < 1.29 is 4.74 Å². The van der Waals surface area contributed by atoms with Crippen molar-refractivity contribution in [2.24, 2.45) is 5.92 Å². The fraction of sp³-hybridized carbons (Fsp3) is 0.684. The molecule has 1 aliphatic carbocycles. The molecule has 0 radical (unpaired) electrons. The number of piperazine rings is 1. The fourth-order valence-corrected chi connectivity index (χ4v) is 3.27. The summed E-state index contributed by atoms with van der Waals surface area (Å²) >= 11 is 0. The summed E-state index contributed by atoms with van der Waals surface area (Å²) in [6.45, 7) is 10.8. The summed E-state index contributed by atoms with van der Waals surface area (Å²) in [5.74, 6) is 1.92. The molecule has 1 saturated carbocycles. The Labute approximate surface area is 135 Å². The molecule has 22 heavy (non-hydrogen) atoms. The summed E-state index contributed by atoms with van der Waals surface area (Å²) in [5.41, 5.74) is 1.32. The van der Waals surface area contributed by atoms with Gasteiger partial charge in [0.1, 0.15) is 11.4 Å². The lowest BCUT2D eigenvalue weighted by molar-refractivity contribution is 0.130. The molecule has 0 amide bonds. The summed E-state index contributed by atoms with van der Waals surface area (Å²) in [7, 11) is 0. The molecule has 1 saturated heterocycles. The van der Waals surface area contributed by atoms with Gasteiger partial charge < -0.3 is 10.1 Å². The van der Waals surface area contributed by atoms with E-state index in [1.54, 1.807) is 0 Å². The molecule has 0 aromatic heterocycles. The molecule has 122 valence electrons. The molecule has 1 aromatic rings. The molecule has 2 aliphatic rings. The topological polar surface area (TPSA) is 24.5 Å². The quantitative estimate of drug-likeness (QED) is 0.899. The molecule has 0 unspecified atom stereocenters. The Balaban J connectivity index is 1.72. The Morgan fingerprint density at radius 2 is 1.77 bits per heavy atom. The largest absolute Gasteiger partial charge is 0.488 e. The van der Waals surface area contributed by atoms with E-state index in [4.69, 9.17) is 4.74 Å². The molecule has 1 N–H and O–H groups in total. The maximum atomic E-state index is 5.95. The van der Waals surface area contributed by atoms with Gasteiger partial charge in [-0.15, -0.1) is 0 Å². The average Bonchev–Trinajstić information content (AvgIpc) is 3.29. The van der Waals surface area contributed by atoms with E-state index in [1.165, 1.54) is 24.8 Å². The van der Waals surface area contributed by atoms with Gasteiger partial charge in [0.25, 0.3) is 0 Å². The van der Waals surface area contributed by atoms with Gasteiger partial charge in [-0.2, -0.15) is 0 Å². The Morgan fingerprint density at radius 1 is 1.14 bits per heavy atom. The number of benzene rings is 1. The highest BCUT2D eigenvalue weighted by Crippen LogP contribution is 2.40. The van der Waals surface area contributed by atoms with Crippen molar-refractivity contribution >= 4 is 0 Å². The fourth-order valence-electron chi connectivity index (χ4n) is 3.27. The van der Waals surface area contributed by atoms with E-state index in [0.29, 0.717) is 6.04 Å². The zero-order chi connectivity index (χ0) is 15.6. The Bertz CT molecular complexity index is 467. The first-order valence-electron chi connectivity index (χ1n) is 8.75. The highest BCUT2D eigenvalue weighted by molar-refractivity contribution is 5.30. The Kier molecular flexibility index (Phi) is 4.74. The van der Waals surface area contributed by atoms with Crippen LogP contribution in [0.25, 0.3) is 0 Å². The third kappa shape index (κ3) is 4.47. The van der Waals surface area contributed by atoms with Gasteiger partial charge in [-0.05, 0) is 50.8 Å². The van der Waals surface area contributed by atoms with Gasteiger partial charge in [0.15, 0.2) is 0 Å². The van der Waals surface area contributed by atoms with E-state index in [2.05, 4.69) is 55.3 Å². The first kappa shape index (κ1) is 15.8. The molecule has 0 bridgehead atoms. The molecule has 1 heterocycles. The van der Waals surface area contributed by atoms with E-state index in [0.717, 1.165) is 37.8 Å². The smallest absolute Gasteiger partial charge is 0.120 e. The number of nitrogens with zero attached hydrogens (tertiary/aromatic N) is 1. The molecule has 3 rings (SSSR count). The van der Waals surface area contributed by atoms with Crippen LogP contribution < -0.4 is 10.1 Å². The number of hydrogen-bond donors (Lipinski definition) is 1. The van der Waals surface area contributed by atoms with E-state index >= 15 is 0 Å². The van der Waals surface area contributed by atoms with Gasteiger partial charge in [-0.1, -0.05) is 25.0 Å². The van der Waals surface area contributed by atoms with Gasteiger partial charge in [-0.25, -0.2) is 0 Å². The van der Waals surface area contributed by atoms with Crippen molar-refractivity contribution in [2.75, 3.05) is 26.2 Å². The zero-order valence-corrected chi connectivity index (χ0v) is 14.3. The van der Waals surface area contributed by atoms with Crippen LogP contribution in [-0.4, -0.2) is 36.7 Å². The Hall–Kier alpha value is -1.06. The van der Waals surface area contributed by atoms with Gasteiger partial charge in [0.05, 0.1) is 0 Å². The molecule has 3 nitrogen and oxygen atoms in total. The van der Waals surface area contributed by atoms with Gasteiger partial charge >= 0.3 is 0 Å². The van der Waals surface area contributed by atoms with Crippen molar-refractivity contribution in [2.45, 2.75) is 51.7 Å². The lowest BCUT2D eigenvalue weighted by Gasteiger charge is -2.35. The zero-order valence-electron chi connectivity index (χ0n) is 14.3. The monoisotopic (exact) mass is 302 g/mol. The summed E-state index contributed by atoms with van der Waals surface area (Å²) in [5, 5.41) is 3.46. The van der Waals surface area contributed by atoms with Crippen molar-refractivity contribution in [3.8, 4) is 5.75 Å². The standard InChI is InChI=1S/C19H30N2O/c1-19(2,3)22-17-8-6-16(7-9-17)18(14-15-4-5-15)21-12-10-20-11-13-21/h6-9,15,18,20H,4-5,10-14H2,1-3H3/t18-/m0/s1. The molecule has 1 aliphatic heterocycles. The first-order valence-corrected chi connectivity index (χ1v) is 8.75. The molecule has 1 aromatic carbocycles. The van der Waals surface area contributed by atoms with Crippen molar-refractivity contribution in [3.63, 3.8) is 0 Å². The number of ether oxygens (including phenoxy) is 1. The molecule has 0 spiro atoms. The van der Waals surface area contributed by atoms with Crippen molar-refractivity contribution in [3.05, 3.63) is 29.8 Å².